The molecular formula is C16H25NO3S. The first kappa shape index (κ1) is 16.3. The molecule has 0 aliphatic carbocycles. The molecule has 4 nitrogen and oxygen atoms in total. The van der Waals surface area contributed by atoms with Crippen LogP contribution in [-0.2, 0) is 6.54 Å². The van der Waals surface area contributed by atoms with Crippen molar-refractivity contribution in [3.8, 4) is 17.2 Å². The molecule has 1 aromatic rings. The van der Waals surface area contributed by atoms with Gasteiger partial charge in [-0.15, -0.1) is 0 Å². The van der Waals surface area contributed by atoms with Crippen molar-refractivity contribution in [2.75, 3.05) is 33.6 Å². The fraction of sp³-hybridized carbons (Fsp3) is 0.625. The van der Waals surface area contributed by atoms with Gasteiger partial charge < -0.3 is 19.5 Å². The Balaban J connectivity index is 2.00. The number of nitrogens with one attached hydrogen (secondary N) is 1. The Bertz CT molecular complexity index is 422. The molecule has 0 spiro atoms. The first-order valence-electron chi connectivity index (χ1n) is 7.39. The molecule has 1 fully saturated rings. The van der Waals surface area contributed by atoms with Crippen LogP contribution in [0.2, 0.25) is 0 Å². The van der Waals surface area contributed by atoms with E-state index < -0.39 is 0 Å². The molecule has 118 valence electrons. The first-order valence-corrected chi connectivity index (χ1v) is 8.44. The molecule has 1 atom stereocenters. The molecule has 0 amide bonds. The van der Waals surface area contributed by atoms with Crippen LogP contribution in [-0.4, -0.2) is 38.9 Å². The third-order valence-electron chi connectivity index (χ3n) is 3.76. The third kappa shape index (κ3) is 4.45. The molecule has 5 heteroatoms. The SMILES string of the molecule is COc1cc(OC)c(CNCC2CCCCS2)c(OC)c1. The average molecular weight is 311 g/mol. The highest BCUT2D eigenvalue weighted by molar-refractivity contribution is 7.99. The monoisotopic (exact) mass is 311 g/mol. The van der Waals surface area contributed by atoms with Crippen LogP contribution < -0.4 is 19.5 Å². The summed E-state index contributed by atoms with van der Waals surface area (Å²) in [5.41, 5.74) is 1.04. The number of ether oxygens (including phenoxy) is 3. The number of benzene rings is 1. The van der Waals surface area contributed by atoms with Gasteiger partial charge in [0.1, 0.15) is 17.2 Å². The molecule has 1 aliphatic heterocycles. The fourth-order valence-corrected chi connectivity index (χ4v) is 3.85. The molecule has 1 N–H and O–H groups in total. The molecule has 0 saturated carbocycles. The highest BCUT2D eigenvalue weighted by atomic mass is 32.2. The van der Waals surface area contributed by atoms with E-state index in [1.54, 1.807) is 21.3 Å². The van der Waals surface area contributed by atoms with Crippen molar-refractivity contribution in [2.45, 2.75) is 31.1 Å². The second-order valence-corrected chi connectivity index (χ2v) is 6.54. The Morgan fingerprint density at radius 1 is 1.10 bits per heavy atom. The smallest absolute Gasteiger partial charge is 0.130 e. The Hall–Kier alpha value is -1.07. The largest absolute Gasteiger partial charge is 0.496 e. The number of rotatable bonds is 7. The van der Waals surface area contributed by atoms with E-state index in [0.717, 1.165) is 41.2 Å². The van der Waals surface area contributed by atoms with Crippen molar-refractivity contribution < 1.29 is 14.2 Å². The van der Waals surface area contributed by atoms with Crippen molar-refractivity contribution in [1.29, 1.82) is 0 Å². The van der Waals surface area contributed by atoms with Crippen LogP contribution in [0.1, 0.15) is 24.8 Å². The Morgan fingerprint density at radius 2 is 1.81 bits per heavy atom. The lowest BCUT2D eigenvalue weighted by molar-refractivity contribution is 0.366. The van der Waals surface area contributed by atoms with E-state index >= 15 is 0 Å². The van der Waals surface area contributed by atoms with Crippen LogP contribution in [0.15, 0.2) is 12.1 Å². The minimum absolute atomic E-state index is 0.731. The molecular weight excluding hydrogens is 286 g/mol. The van der Waals surface area contributed by atoms with E-state index in [1.807, 2.05) is 12.1 Å². The molecule has 1 aliphatic rings. The van der Waals surface area contributed by atoms with Crippen LogP contribution in [0.25, 0.3) is 0 Å². The Labute approximate surface area is 131 Å². The van der Waals surface area contributed by atoms with Crippen molar-refractivity contribution >= 4 is 11.8 Å². The van der Waals surface area contributed by atoms with Crippen molar-refractivity contribution in [3.05, 3.63) is 17.7 Å². The topological polar surface area (TPSA) is 39.7 Å². The molecule has 1 aromatic carbocycles. The van der Waals surface area contributed by atoms with Crippen molar-refractivity contribution in [2.24, 2.45) is 0 Å². The van der Waals surface area contributed by atoms with Crippen LogP contribution in [0.3, 0.4) is 0 Å². The summed E-state index contributed by atoms with van der Waals surface area (Å²) in [7, 11) is 5.00. The van der Waals surface area contributed by atoms with Gasteiger partial charge in [-0.2, -0.15) is 11.8 Å². The van der Waals surface area contributed by atoms with Gasteiger partial charge in [0.25, 0.3) is 0 Å². The van der Waals surface area contributed by atoms with Crippen molar-refractivity contribution in [3.63, 3.8) is 0 Å². The number of thioether (sulfide) groups is 1. The van der Waals surface area contributed by atoms with E-state index in [2.05, 4.69) is 17.1 Å². The molecule has 0 bridgehead atoms. The number of hydrogen-bond acceptors (Lipinski definition) is 5. The molecule has 1 saturated heterocycles. The molecule has 0 aromatic heterocycles. The lowest BCUT2D eigenvalue weighted by atomic mass is 10.1. The molecule has 0 radical (unpaired) electrons. The summed E-state index contributed by atoms with van der Waals surface area (Å²) in [5.74, 6) is 3.64. The van der Waals surface area contributed by atoms with E-state index in [1.165, 1.54) is 25.0 Å². The molecule has 1 heterocycles. The predicted octanol–water partition coefficient (Wildman–Crippen LogP) is 3.09. The lowest BCUT2D eigenvalue weighted by Gasteiger charge is -2.22. The van der Waals surface area contributed by atoms with E-state index in [0.29, 0.717) is 0 Å². The van der Waals surface area contributed by atoms with Gasteiger partial charge in [-0.3, -0.25) is 0 Å². The Morgan fingerprint density at radius 3 is 2.33 bits per heavy atom. The van der Waals surface area contributed by atoms with E-state index in [9.17, 15) is 0 Å². The quantitative estimate of drug-likeness (QED) is 0.838. The first-order chi connectivity index (χ1) is 10.3. The summed E-state index contributed by atoms with van der Waals surface area (Å²) in [6.45, 7) is 1.77. The van der Waals surface area contributed by atoms with Gasteiger partial charge in [-0.25, -0.2) is 0 Å². The average Bonchev–Trinajstić information content (AvgIpc) is 2.55. The maximum atomic E-state index is 5.47. The Kier molecular flexibility index (Phi) is 6.51. The fourth-order valence-electron chi connectivity index (χ4n) is 2.58. The predicted molar refractivity (Wildman–Crippen MR) is 87.9 cm³/mol. The second-order valence-electron chi connectivity index (χ2n) is 5.13. The van der Waals surface area contributed by atoms with Gasteiger partial charge >= 0.3 is 0 Å². The lowest BCUT2D eigenvalue weighted by Crippen LogP contribution is -2.26. The van der Waals surface area contributed by atoms with Gasteiger partial charge in [-0.05, 0) is 18.6 Å². The van der Waals surface area contributed by atoms with Gasteiger partial charge in [0.15, 0.2) is 0 Å². The van der Waals surface area contributed by atoms with E-state index in [4.69, 9.17) is 14.2 Å². The third-order valence-corrected chi connectivity index (χ3v) is 5.16. The minimum atomic E-state index is 0.731. The maximum absolute atomic E-state index is 5.47. The van der Waals surface area contributed by atoms with Gasteiger partial charge in [0.2, 0.25) is 0 Å². The minimum Gasteiger partial charge on any atom is -0.496 e. The summed E-state index contributed by atoms with van der Waals surface area (Å²) in [4.78, 5) is 0. The zero-order chi connectivity index (χ0) is 15.1. The standard InChI is InChI=1S/C16H25NO3S/c1-18-12-8-15(19-2)14(16(9-12)20-3)11-17-10-13-6-4-5-7-21-13/h8-9,13,17H,4-7,10-11H2,1-3H3. The summed E-state index contributed by atoms with van der Waals surface area (Å²) >= 11 is 2.08. The number of hydrogen-bond donors (Lipinski definition) is 1. The van der Waals surface area contributed by atoms with Crippen LogP contribution in [0, 0.1) is 0 Å². The second kappa shape index (κ2) is 8.39. The molecule has 1 unspecified atom stereocenters. The van der Waals surface area contributed by atoms with Crippen LogP contribution in [0.5, 0.6) is 17.2 Å². The highest BCUT2D eigenvalue weighted by Gasteiger charge is 2.16. The number of methoxy groups -OCH3 is 3. The summed E-state index contributed by atoms with van der Waals surface area (Å²) in [6, 6.07) is 3.80. The summed E-state index contributed by atoms with van der Waals surface area (Å²) in [5, 5.41) is 4.27. The maximum Gasteiger partial charge on any atom is 0.130 e. The summed E-state index contributed by atoms with van der Waals surface area (Å²) < 4.78 is 16.2. The highest BCUT2D eigenvalue weighted by Crippen LogP contribution is 2.34. The molecule has 2 rings (SSSR count). The van der Waals surface area contributed by atoms with Crippen molar-refractivity contribution in [1.82, 2.24) is 5.32 Å². The molecule has 21 heavy (non-hydrogen) atoms. The van der Waals surface area contributed by atoms with E-state index in [-0.39, 0.29) is 0 Å². The summed E-state index contributed by atoms with van der Waals surface area (Å²) in [6.07, 6.45) is 4.03. The van der Waals surface area contributed by atoms with Gasteiger partial charge in [0, 0.05) is 30.5 Å². The normalized spacial score (nSPS) is 18.3. The van der Waals surface area contributed by atoms with Crippen LogP contribution >= 0.6 is 11.8 Å². The zero-order valence-electron chi connectivity index (χ0n) is 13.1. The zero-order valence-corrected chi connectivity index (χ0v) is 13.9. The van der Waals surface area contributed by atoms with Gasteiger partial charge in [-0.1, -0.05) is 6.42 Å². The van der Waals surface area contributed by atoms with Crippen LogP contribution in [0.4, 0.5) is 0 Å². The van der Waals surface area contributed by atoms with Gasteiger partial charge in [0.05, 0.1) is 26.9 Å².